The van der Waals surface area contributed by atoms with Crippen LogP contribution in [0.1, 0.15) is 46.5 Å². The van der Waals surface area contributed by atoms with Crippen LogP contribution in [0.25, 0.3) is 0 Å². The molecule has 1 atom stereocenters. The van der Waals surface area contributed by atoms with Crippen LogP contribution in [0.2, 0.25) is 0 Å². The number of rotatable bonds is 6. The van der Waals surface area contributed by atoms with Gasteiger partial charge in [-0.25, -0.2) is 0 Å². The van der Waals surface area contributed by atoms with Gasteiger partial charge in [-0.15, -0.1) is 11.3 Å². The van der Waals surface area contributed by atoms with Gasteiger partial charge in [-0.05, 0) is 55.7 Å². The highest BCUT2D eigenvalue weighted by molar-refractivity contribution is 7.09. The first-order valence-corrected chi connectivity index (χ1v) is 11.4. The van der Waals surface area contributed by atoms with E-state index in [1.54, 1.807) is 22.1 Å². The summed E-state index contributed by atoms with van der Waals surface area (Å²) < 4.78 is 7.27. The van der Waals surface area contributed by atoms with Gasteiger partial charge in [0, 0.05) is 43.4 Å². The van der Waals surface area contributed by atoms with Gasteiger partial charge in [0.05, 0.1) is 12.6 Å². The molecule has 7 heteroatoms. The Morgan fingerprint density at radius 1 is 1.28 bits per heavy atom. The molecule has 4 rings (SSSR count). The van der Waals surface area contributed by atoms with Gasteiger partial charge >= 0.3 is 0 Å². The van der Waals surface area contributed by atoms with E-state index in [1.165, 1.54) is 4.88 Å². The molecule has 6 nitrogen and oxygen atoms in total. The summed E-state index contributed by atoms with van der Waals surface area (Å²) in [6, 6.07) is 6.22. The number of carbonyl (C=O) groups is 1. The number of nitrogens with zero attached hydrogens (tertiary/aromatic N) is 2. The molecule has 29 heavy (non-hydrogen) atoms. The van der Waals surface area contributed by atoms with Crippen LogP contribution in [0.15, 0.2) is 34.6 Å². The topological polar surface area (TPSA) is 63.6 Å². The Morgan fingerprint density at radius 3 is 2.79 bits per heavy atom. The van der Waals surface area contributed by atoms with Crippen LogP contribution in [0.5, 0.6) is 0 Å². The van der Waals surface area contributed by atoms with Gasteiger partial charge in [-0.2, -0.15) is 0 Å². The van der Waals surface area contributed by atoms with Gasteiger partial charge in [0.25, 0.3) is 11.5 Å². The molecule has 2 aromatic rings. The lowest BCUT2D eigenvalue weighted by Gasteiger charge is -2.32. The lowest BCUT2D eigenvalue weighted by molar-refractivity contribution is 0.0896. The molecule has 2 aliphatic heterocycles. The predicted octanol–water partition coefficient (Wildman–Crippen LogP) is 2.79. The normalized spacial score (nSPS) is 20.8. The van der Waals surface area contributed by atoms with Crippen LogP contribution in [-0.4, -0.2) is 47.2 Å². The molecule has 2 saturated heterocycles. The van der Waals surface area contributed by atoms with Crippen LogP contribution in [0.3, 0.4) is 0 Å². The quantitative estimate of drug-likeness (QED) is 0.788. The van der Waals surface area contributed by atoms with Gasteiger partial charge in [0.1, 0.15) is 5.56 Å². The number of amides is 1. The van der Waals surface area contributed by atoms with Gasteiger partial charge in [-0.1, -0.05) is 6.07 Å². The molecule has 0 aromatic carbocycles. The zero-order valence-corrected chi connectivity index (χ0v) is 17.7. The number of hydrogen-bond acceptors (Lipinski definition) is 5. The smallest absolute Gasteiger partial charge is 0.263 e. The van der Waals surface area contributed by atoms with Gasteiger partial charge in [0.15, 0.2) is 0 Å². The van der Waals surface area contributed by atoms with Crippen molar-refractivity contribution < 1.29 is 9.53 Å². The van der Waals surface area contributed by atoms with E-state index in [0.29, 0.717) is 6.54 Å². The number of aromatic nitrogens is 1. The SMILES string of the molecule is Cc1ccn(CC2CCCO2)c(=O)c1C(=O)NC1CCN(Cc2cccs2)CC1. The molecule has 0 aliphatic carbocycles. The minimum atomic E-state index is -0.245. The molecule has 2 fully saturated rings. The fourth-order valence-corrected chi connectivity index (χ4v) is 4.95. The number of ether oxygens (including phenoxy) is 1. The number of piperidine rings is 1. The first-order valence-electron chi connectivity index (χ1n) is 10.5. The van der Waals surface area contributed by atoms with Crippen molar-refractivity contribution in [3.8, 4) is 0 Å². The summed E-state index contributed by atoms with van der Waals surface area (Å²) in [5.41, 5.74) is 0.783. The fourth-order valence-electron chi connectivity index (χ4n) is 4.21. The largest absolute Gasteiger partial charge is 0.376 e. The molecule has 0 saturated carbocycles. The highest BCUT2D eigenvalue weighted by Gasteiger charge is 2.24. The average molecular weight is 416 g/mol. The number of hydrogen-bond donors (Lipinski definition) is 1. The summed E-state index contributed by atoms with van der Waals surface area (Å²) in [5.74, 6) is -0.245. The number of nitrogens with one attached hydrogen (secondary N) is 1. The van der Waals surface area contributed by atoms with Crippen LogP contribution in [0, 0.1) is 6.92 Å². The Balaban J connectivity index is 1.36. The number of thiophene rings is 1. The van der Waals surface area contributed by atoms with Gasteiger partial charge in [-0.3, -0.25) is 14.5 Å². The molecule has 2 aromatic heterocycles. The number of likely N-dealkylation sites (tertiary alicyclic amines) is 1. The fraction of sp³-hybridized carbons (Fsp3) is 0.545. The van der Waals surface area contributed by atoms with E-state index in [0.717, 1.165) is 57.5 Å². The van der Waals surface area contributed by atoms with Gasteiger partial charge < -0.3 is 14.6 Å². The van der Waals surface area contributed by atoms with E-state index in [9.17, 15) is 9.59 Å². The zero-order chi connectivity index (χ0) is 20.2. The van der Waals surface area contributed by atoms with Crippen LogP contribution < -0.4 is 10.9 Å². The molecule has 0 radical (unpaired) electrons. The molecule has 1 N–H and O–H groups in total. The van der Waals surface area contributed by atoms with E-state index < -0.39 is 0 Å². The molecular formula is C22H29N3O3S. The van der Waals surface area contributed by atoms with E-state index >= 15 is 0 Å². The molecule has 0 spiro atoms. The Labute approximate surface area is 175 Å². The second kappa shape index (κ2) is 9.24. The number of carbonyl (C=O) groups excluding carboxylic acids is 1. The van der Waals surface area contributed by atoms with Crippen molar-refractivity contribution in [2.45, 2.75) is 57.8 Å². The third kappa shape index (κ3) is 4.97. The van der Waals surface area contributed by atoms with Crippen molar-refractivity contribution in [3.05, 3.63) is 56.1 Å². The second-order valence-electron chi connectivity index (χ2n) is 8.07. The molecule has 0 bridgehead atoms. The van der Waals surface area contributed by atoms with E-state index in [-0.39, 0.29) is 29.2 Å². The van der Waals surface area contributed by atoms with E-state index in [2.05, 4.69) is 27.7 Å². The third-order valence-corrected chi connectivity index (χ3v) is 6.77. The minimum Gasteiger partial charge on any atom is -0.376 e. The first-order chi connectivity index (χ1) is 14.1. The monoisotopic (exact) mass is 415 g/mol. The van der Waals surface area contributed by atoms with Crippen molar-refractivity contribution in [3.63, 3.8) is 0 Å². The molecule has 1 amide bonds. The number of aryl methyl sites for hydroxylation is 1. The highest BCUT2D eigenvalue weighted by atomic mass is 32.1. The molecule has 4 heterocycles. The van der Waals surface area contributed by atoms with Crippen molar-refractivity contribution in [1.82, 2.24) is 14.8 Å². The minimum absolute atomic E-state index is 0.0685. The van der Waals surface area contributed by atoms with Crippen molar-refractivity contribution in [2.75, 3.05) is 19.7 Å². The molecular weight excluding hydrogens is 386 g/mol. The summed E-state index contributed by atoms with van der Waals surface area (Å²) in [6.07, 6.45) is 5.66. The average Bonchev–Trinajstić information content (AvgIpc) is 3.40. The zero-order valence-electron chi connectivity index (χ0n) is 16.9. The maximum atomic E-state index is 12.9. The Hall–Kier alpha value is -1.96. The van der Waals surface area contributed by atoms with Crippen molar-refractivity contribution in [1.29, 1.82) is 0 Å². The molecule has 2 aliphatic rings. The lowest BCUT2D eigenvalue weighted by Crippen LogP contribution is -2.46. The van der Waals surface area contributed by atoms with E-state index in [1.807, 2.05) is 13.0 Å². The van der Waals surface area contributed by atoms with Crippen LogP contribution >= 0.6 is 11.3 Å². The standard InChI is InChI=1S/C22H29N3O3S/c1-16-6-11-25(14-18-4-2-12-28-18)22(27)20(16)21(26)23-17-7-9-24(10-8-17)15-19-5-3-13-29-19/h3,5-6,11,13,17-18H,2,4,7-10,12,14-15H2,1H3,(H,23,26). The van der Waals surface area contributed by atoms with Crippen LogP contribution in [0.4, 0.5) is 0 Å². The summed E-state index contributed by atoms with van der Waals surface area (Å²) in [4.78, 5) is 29.6. The first kappa shape index (κ1) is 20.3. The number of pyridine rings is 1. The Bertz CT molecular complexity index is 879. The Kier molecular flexibility index (Phi) is 6.47. The van der Waals surface area contributed by atoms with Crippen LogP contribution in [-0.2, 0) is 17.8 Å². The highest BCUT2D eigenvalue weighted by Crippen LogP contribution is 2.18. The Morgan fingerprint density at radius 2 is 2.10 bits per heavy atom. The summed E-state index contributed by atoms with van der Waals surface area (Å²) in [6.45, 7) is 5.99. The maximum absolute atomic E-state index is 12.9. The summed E-state index contributed by atoms with van der Waals surface area (Å²) in [7, 11) is 0. The summed E-state index contributed by atoms with van der Waals surface area (Å²) >= 11 is 1.78. The van der Waals surface area contributed by atoms with E-state index in [4.69, 9.17) is 4.74 Å². The second-order valence-corrected chi connectivity index (χ2v) is 9.10. The van der Waals surface area contributed by atoms with Gasteiger partial charge in [0.2, 0.25) is 0 Å². The van der Waals surface area contributed by atoms with Crippen molar-refractivity contribution >= 4 is 17.2 Å². The lowest BCUT2D eigenvalue weighted by atomic mass is 10.0. The molecule has 1 unspecified atom stereocenters. The van der Waals surface area contributed by atoms with Crippen molar-refractivity contribution in [2.24, 2.45) is 0 Å². The molecule has 156 valence electrons. The summed E-state index contributed by atoms with van der Waals surface area (Å²) in [5, 5.41) is 5.22. The predicted molar refractivity (Wildman–Crippen MR) is 114 cm³/mol. The third-order valence-electron chi connectivity index (χ3n) is 5.91. The maximum Gasteiger partial charge on any atom is 0.263 e.